The zero-order valence-electron chi connectivity index (χ0n) is 14.6. The summed E-state index contributed by atoms with van der Waals surface area (Å²) in [6.45, 7) is 3.75. The Morgan fingerprint density at radius 1 is 1.35 bits per heavy atom. The lowest BCUT2D eigenvalue weighted by Crippen LogP contribution is -2.49. The molecule has 0 unspecified atom stereocenters. The topological polar surface area (TPSA) is 98.5 Å². The molecular weight excluding hydrogens is 336 g/mol. The molecule has 26 heavy (non-hydrogen) atoms. The van der Waals surface area contributed by atoms with Crippen molar-refractivity contribution in [3.63, 3.8) is 0 Å². The lowest BCUT2D eigenvalue weighted by atomic mass is 9.69. The van der Waals surface area contributed by atoms with Crippen molar-refractivity contribution in [2.45, 2.75) is 32.2 Å². The van der Waals surface area contributed by atoms with Crippen LogP contribution in [-0.2, 0) is 14.3 Å². The monoisotopic (exact) mass is 356 g/mol. The van der Waals surface area contributed by atoms with Crippen LogP contribution in [0.2, 0.25) is 0 Å². The minimum absolute atomic E-state index is 0.0347. The maximum Gasteiger partial charge on any atom is 0.336 e. The minimum atomic E-state index is -0.501. The highest BCUT2D eigenvalue weighted by Crippen LogP contribution is 2.42. The first kappa shape index (κ1) is 17.8. The molecule has 0 bridgehead atoms. The number of benzene rings is 1. The Hall–Kier alpha value is -2.96. The molecular formula is C19H20N2O5. The van der Waals surface area contributed by atoms with Crippen LogP contribution in [0.4, 0.5) is 5.69 Å². The number of hydrogen-bond donors (Lipinski definition) is 1. The van der Waals surface area contributed by atoms with Crippen LogP contribution in [0.5, 0.6) is 0 Å². The number of nitro benzene ring substituents is 1. The van der Waals surface area contributed by atoms with E-state index in [4.69, 9.17) is 4.74 Å². The molecule has 1 aromatic carbocycles. The molecule has 2 aliphatic rings. The molecule has 3 rings (SSSR count). The van der Waals surface area contributed by atoms with Gasteiger partial charge in [-0.05, 0) is 31.9 Å². The van der Waals surface area contributed by atoms with Crippen molar-refractivity contribution >= 4 is 17.4 Å². The number of nitrogens with one attached hydrogen (secondary N) is 1. The molecule has 1 aliphatic heterocycles. The standard InChI is InChI=1S/C19H20N2O5/c1-3-26-19(23)16-11(2)20-14-5-4-6-15(22)18(14)17(16)12-7-9-13(10-8-12)21(24)25/h4,6-10,14,17-18,20H,3,5H2,1-2H3/t14-,17-,18-/m1/s1. The summed E-state index contributed by atoms with van der Waals surface area (Å²) >= 11 is 0. The van der Waals surface area contributed by atoms with E-state index < -0.39 is 22.7 Å². The Labute approximate surface area is 150 Å². The fraction of sp³-hybridized carbons (Fsp3) is 0.368. The van der Waals surface area contributed by atoms with E-state index in [9.17, 15) is 19.7 Å². The molecule has 1 aliphatic carbocycles. The first-order valence-electron chi connectivity index (χ1n) is 8.53. The zero-order chi connectivity index (χ0) is 18.8. The van der Waals surface area contributed by atoms with E-state index >= 15 is 0 Å². The molecule has 3 atom stereocenters. The van der Waals surface area contributed by atoms with Crippen molar-refractivity contribution in [1.82, 2.24) is 5.32 Å². The highest BCUT2D eigenvalue weighted by atomic mass is 16.6. The average molecular weight is 356 g/mol. The molecule has 0 spiro atoms. The molecule has 1 N–H and O–H groups in total. The Bertz CT molecular complexity index is 810. The largest absolute Gasteiger partial charge is 0.463 e. The van der Waals surface area contributed by atoms with E-state index in [1.54, 1.807) is 32.1 Å². The summed E-state index contributed by atoms with van der Waals surface area (Å²) in [4.78, 5) is 35.7. The summed E-state index contributed by atoms with van der Waals surface area (Å²) in [5.74, 6) is -1.49. The minimum Gasteiger partial charge on any atom is -0.463 e. The van der Waals surface area contributed by atoms with Gasteiger partial charge in [0.15, 0.2) is 5.78 Å². The Morgan fingerprint density at radius 3 is 2.65 bits per heavy atom. The maximum atomic E-state index is 12.6. The van der Waals surface area contributed by atoms with Crippen LogP contribution in [0.25, 0.3) is 0 Å². The molecule has 0 aromatic heterocycles. The average Bonchev–Trinajstić information content (AvgIpc) is 2.61. The van der Waals surface area contributed by atoms with Gasteiger partial charge in [0.2, 0.25) is 0 Å². The lowest BCUT2D eigenvalue weighted by Gasteiger charge is -2.41. The molecule has 0 amide bonds. The normalized spacial score (nSPS) is 24.7. The van der Waals surface area contributed by atoms with Crippen molar-refractivity contribution in [2.24, 2.45) is 5.92 Å². The Morgan fingerprint density at radius 2 is 2.04 bits per heavy atom. The van der Waals surface area contributed by atoms with Gasteiger partial charge in [0.1, 0.15) is 0 Å². The summed E-state index contributed by atoms with van der Waals surface area (Å²) in [6, 6.07) is 5.90. The van der Waals surface area contributed by atoms with Crippen molar-refractivity contribution in [3.8, 4) is 0 Å². The van der Waals surface area contributed by atoms with Crippen molar-refractivity contribution in [2.75, 3.05) is 6.61 Å². The van der Waals surface area contributed by atoms with Crippen LogP contribution in [0.15, 0.2) is 47.7 Å². The summed E-state index contributed by atoms with van der Waals surface area (Å²) in [5, 5.41) is 14.2. The zero-order valence-corrected chi connectivity index (χ0v) is 14.6. The third-order valence-corrected chi connectivity index (χ3v) is 4.87. The van der Waals surface area contributed by atoms with Crippen molar-refractivity contribution < 1.29 is 19.2 Å². The summed E-state index contributed by atoms with van der Waals surface area (Å²) < 4.78 is 5.21. The van der Waals surface area contributed by atoms with Gasteiger partial charge in [0, 0.05) is 29.8 Å². The van der Waals surface area contributed by atoms with Gasteiger partial charge in [-0.25, -0.2) is 4.79 Å². The molecule has 0 saturated heterocycles. The number of nitrogens with zero attached hydrogens (tertiary/aromatic N) is 1. The van der Waals surface area contributed by atoms with Gasteiger partial charge in [-0.1, -0.05) is 18.2 Å². The molecule has 1 heterocycles. The SMILES string of the molecule is CCOC(=O)C1=C(C)N[C@@H]2CC=CC(=O)[C@@H]2[C@@H]1c1ccc([N+](=O)[O-])cc1. The first-order chi connectivity index (χ1) is 12.4. The van der Waals surface area contributed by atoms with Gasteiger partial charge >= 0.3 is 5.97 Å². The lowest BCUT2D eigenvalue weighted by molar-refractivity contribution is -0.384. The number of esters is 1. The van der Waals surface area contributed by atoms with Crippen LogP contribution in [-0.4, -0.2) is 29.3 Å². The predicted octanol–water partition coefficient (Wildman–Crippen LogP) is 2.63. The first-order valence-corrected chi connectivity index (χ1v) is 8.53. The number of carbonyl (C=O) groups is 2. The fourth-order valence-electron chi connectivity index (χ4n) is 3.77. The number of fused-ring (bicyclic) bond motifs is 1. The molecule has 0 fully saturated rings. The second kappa shape index (κ2) is 7.11. The number of rotatable bonds is 4. The van der Waals surface area contributed by atoms with Crippen LogP contribution in [0.1, 0.15) is 31.7 Å². The summed E-state index contributed by atoms with van der Waals surface area (Å²) in [5.41, 5.74) is 1.74. The van der Waals surface area contributed by atoms with E-state index in [1.165, 1.54) is 12.1 Å². The van der Waals surface area contributed by atoms with Crippen molar-refractivity contribution in [1.29, 1.82) is 0 Å². The van der Waals surface area contributed by atoms with E-state index in [2.05, 4.69) is 5.32 Å². The third kappa shape index (κ3) is 3.12. The number of hydrogen-bond acceptors (Lipinski definition) is 6. The second-order valence-electron chi connectivity index (χ2n) is 6.40. The molecule has 7 nitrogen and oxygen atoms in total. The number of ketones is 1. The number of ether oxygens (including phenoxy) is 1. The van der Waals surface area contributed by atoms with E-state index in [1.807, 2.05) is 6.08 Å². The summed E-state index contributed by atoms with van der Waals surface area (Å²) in [7, 11) is 0. The van der Waals surface area contributed by atoms with E-state index in [0.717, 1.165) is 0 Å². The number of nitro groups is 1. The molecule has 136 valence electrons. The van der Waals surface area contributed by atoms with Crippen LogP contribution < -0.4 is 5.32 Å². The number of allylic oxidation sites excluding steroid dienone is 2. The number of non-ortho nitro benzene ring substituents is 1. The highest BCUT2D eigenvalue weighted by molar-refractivity contribution is 5.98. The fourth-order valence-corrected chi connectivity index (χ4v) is 3.77. The Balaban J connectivity index is 2.11. The third-order valence-electron chi connectivity index (χ3n) is 4.87. The Kier molecular flexibility index (Phi) is 4.88. The van der Waals surface area contributed by atoms with E-state index in [-0.39, 0.29) is 24.1 Å². The molecule has 7 heteroatoms. The van der Waals surface area contributed by atoms with Gasteiger partial charge in [-0.2, -0.15) is 0 Å². The second-order valence-corrected chi connectivity index (χ2v) is 6.40. The van der Waals surface area contributed by atoms with Crippen LogP contribution >= 0.6 is 0 Å². The van der Waals surface area contributed by atoms with Gasteiger partial charge in [0.05, 0.1) is 23.0 Å². The molecule has 0 radical (unpaired) electrons. The molecule has 0 saturated carbocycles. The van der Waals surface area contributed by atoms with Gasteiger partial charge in [0.25, 0.3) is 5.69 Å². The van der Waals surface area contributed by atoms with Gasteiger partial charge < -0.3 is 10.1 Å². The highest BCUT2D eigenvalue weighted by Gasteiger charge is 2.45. The smallest absolute Gasteiger partial charge is 0.336 e. The number of carbonyl (C=O) groups excluding carboxylic acids is 2. The van der Waals surface area contributed by atoms with Crippen LogP contribution in [0.3, 0.4) is 0 Å². The summed E-state index contributed by atoms with van der Waals surface area (Å²) in [6.07, 6.45) is 4.05. The maximum absolute atomic E-state index is 12.6. The predicted molar refractivity (Wildman–Crippen MR) is 94.3 cm³/mol. The van der Waals surface area contributed by atoms with Gasteiger partial charge in [-0.3, -0.25) is 14.9 Å². The van der Waals surface area contributed by atoms with Crippen LogP contribution in [0, 0.1) is 16.0 Å². The quantitative estimate of drug-likeness (QED) is 0.506. The van der Waals surface area contributed by atoms with E-state index in [0.29, 0.717) is 23.3 Å². The van der Waals surface area contributed by atoms with Gasteiger partial charge in [-0.15, -0.1) is 0 Å². The van der Waals surface area contributed by atoms with Crippen molar-refractivity contribution in [3.05, 3.63) is 63.4 Å². The molecule has 1 aromatic rings.